The van der Waals surface area contributed by atoms with Gasteiger partial charge in [0.25, 0.3) is 0 Å². The highest BCUT2D eigenvalue weighted by molar-refractivity contribution is 5.78. The van der Waals surface area contributed by atoms with Crippen molar-refractivity contribution >= 4 is 5.91 Å². The van der Waals surface area contributed by atoms with Crippen molar-refractivity contribution in [3.63, 3.8) is 0 Å². The van der Waals surface area contributed by atoms with Gasteiger partial charge in [0.2, 0.25) is 5.91 Å². The van der Waals surface area contributed by atoms with Gasteiger partial charge in [-0.2, -0.15) is 0 Å². The minimum atomic E-state index is 0.0917. The number of hydrogen-bond donors (Lipinski definition) is 2. The molecule has 2 unspecified atom stereocenters. The van der Waals surface area contributed by atoms with Crippen molar-refractivity contribution in [1.29, 1.82) is 0 Å². The van der Waals surface area contributed by atoms with E-state index in [1.54, 1.807) is 0 Å². The molecule has 4 heteroatoms. The van der Waals surface area contributed by atoms with Gasteiger partial charge < -0.3 is 11.1 Å². The van der Waals surface area contributed by atoms with Crippen LogP contribution in [0, 0.1) is 5.92 Å². The monoisotopic (exact) mass is 289 g/mol. The highest BCUT2D eigenvalue weighted by Crippen LogP contribution is 2.25. The van der Waals surface area contributed by atoms with E-state index in [0.29, 0.717) is 31.6 Å². The zero-order valence-corrected chi connectivity index (χ0v) is 12.9. The van der Waals surface area contributed by atoms with Crippen LogP contribution in [0.25, 0.3) is 0 Å². The number of benzene rings is 1. The van der Waals surface area contributed by atoms with Crippen molar-refractivity contribution in [1.82, 2.24) is 10.2 Å². The van der Waals surface area contributed by atoms with Crippen molar-refractivity contribution < 1.29 is 4.79 Å². The maximum Gasteiger partial charge on any atom is 0.234 e. The van der Waals surface area contributed by atoms with Crippen LogP contribution >= 0.6 is 0 Å². The third kappa shape index (κ3) is 4.55. The molecule has 0 saturated carbocycles. The minimum Gasteiger partial charge on any atom is -0.351 e. The maximum absolute atomic E-state index is 12.1. The average Bonchev–Trinajstić information content (AvgIpc) is 2.53. The van der Waals surface area contributed by atoms with Crippen LogP contribution < -0.4 is 11.1 Å². The zero-order chi connectivity index (χ0) is 15.1. The first kappa shape index (κ1) is 16.0. The Balaban J connectivity index is 1.83. The Morgan fingerprint density at radius 2 is 2.14 bits per heavy atom. The minimum absolute atomic E-state index is 0.0917. The van der Waals surface area contributed by atoms with Gasteiger partial charge in [-0.25, -0.2) is 0 Å². The molecule has 1 aromatic carbocycles. The van der Waals surface area contributed by atoms with Crippen molar-refractivity contribution in [2.24, 2.45) is 11.7 Å². The van der Waals surface area contributed by atoms with E-state index in [2.05, 4.69) is 17.1 Å². The van der Waals surface area contributed by atoms with Crippen LogP contribution in [0.1, 0.15) is 31.7 Å². The third-order valence-electron chi connectivity index (χ3n) is 4.48. The molecule has 1 aromatic rings. The largest absolute Gasteiger partial charge is 0.351 e. The van der Waals surface area contributed by atoms with Gasteiger partial charge in [0.15, 0.2) is 0 Å². The summed E-state index contributed by atoms with van der Waals surface area (Å²) in [4.78, 5) is 14.4. The molecule has 0 aliphatic carbocycles. The summed E-state index contributed by atoms with van der Waals surface area (Å²) >= 11 is 0. The molecule has 2 rings (SSSR count). The fraction of sp³-hybridized carbons (Fsp3) is 0.588. The number of carbonyl (C=O) groups is 1. The quantitative estimate of drug-likeness (QED) is 0.839. The first-order valence-corrected chi connectivity index (χ1v) is 7.99. The molecule has 0 radical (unpaired) electrons. The summed E-state index contributed by atoms with van der Waals surface area (Å²) in [6.45, 7) is 4.90. The fourth-order valence-electron chi connectivity index (χ4n) is 3.26. The van der Waals surface area contributed by atoms with Gasteiger partial charge in [0.1, 0.15) is 0 Å². The Morgan fingerprint density at radius 3 is 2.81 bits per heavy atom. The van der Waals surface area contributed by atoms with Gasteiger partial charge in [0.05, 0.1) is 6.54 Å². The van der Waals surface area contributed by atoms with E-state index in [-0.39, 0.29) is 5.91 Å². The molecular formula is C17H27N3O. The molecule has 1 saturated heterocycles. The van der Waals surface area contributed by atoms with Gasteiger partial charge in [-0.3, -0.25) is 9.69 Å². The van der Waals surface area contributed by atoms with Gasteiger partial charge in [0, 0.05) is 19.1 Å². The van der Waals surface area contributed by atoms with Crippen molar-refractivity contribution in [3.05, 3.63) is 35.9 Å². The summed E-state index contributed by atoms with van der Waals surface area (Å²) in [6.07, 6.45) is 3.55. The smallest absolute Gasteiger partial charge is 0.234 e. The first-order chi connectivity index (χ1) is 10.2. The van der Waals surface area contributed by atoms with Gasteiger partial charge in [-0.15, -0.1) is 0 Å². The maximum atomic E-state index is 12.1. The zero-order valence-electron chi connectivity index (χ0n) is 12.9. The van der Waals surface area contributed by atoms with Crippen molar-refractivity contribution in [3.8, 4) is 0 Å². The van der Waals surface area contributed by atoms with E-state index in [4.69, 9.17) is 5.73 Å². The van der Waals surface area contributed by atoms with Crippen LogP contribution in [0.5, 0.6) is 0 Å². The van der Waals surface area contributed by atoms with Crippen LogP contribution in [-0.2, 0) is 11.3 Å². The summed E-state index contributed by atoms with van der Waals surface area (Å²) in [6, 6.07) is 10.4. The molecule has 0 spiro atoms. The highest BCUT2D eigenvalue weighted by Gasteiger charge is 2.30. The molecule has 1 heterocycles. The van der Waals surface area contributed by atoms with Crippen LogP contribution in [0.3, 0.4) is 0 Å². The normalized spacial score (nSPS) is 23.0. The molecule has 0 aromatic heterocycles. The van der Waals surface area contributed by atoms with Gasteiger partial charge in [-0.05, 0) is 30.9 Å². The predicted octanol–water partition coefficient (Wildman–Crippen LogP) is 1.75. The second-order valence-corrected chi connectivity index (χ2v) is 5.85. The van der Waals surface area contributed by atoms with Gasteiger partial charge in [-0.1, -0.05) is 43.7 Å². The lowest BCUT2D eigenvalue weighted by atomic mass is 9.87. The Morgan fingerprint density at radius 1 is 1.38 bits per heavy atom. The third-order valence-corrected chi connectivity index (χ3v) is 4.48. The summed E-state index contributed by atoms with van der Waals surface area (Å²) < 4.78 is 0. The number of rotatable bonds is 6. The Labute approximate surface area is 127 Å². The lowest BCUT2D eigenvalue weighted by Gasteiger charge is -2.40. The molecule has 1 amide bonds. The molecule has 1 aliphatic rings. The van der Waals surface area contributed by atoms with Crippen molar-refractivity contribution in [2.45, 2.75) is 38.8 Å². The number of hydrogen-bond acceptors (Lipinski definition) is 3. The first-order valence-electron chi connectivity index (χ1n) is 7.99. The summed E-state index contributed by atoms with van der Waals surface area (Å²) in [5.74, 6) is 0.722. The van der Waals surface area contributed by atoms with E-state index < -0.39 is 0 Å². The number of nitrogens with one attached hydrogen (secondary N) is 1. The van der Waals surface area contributed by atoms with E-state index >= 15 is 0 Å². The SMILES string of the molecule is CCC1CCCN(CC(=O)NCc2ccccc2)C1CN. The second kappa shape index (κ2) is 8.15. The van der Waals surface area contributed by atoms with E-state index in [0.717, 1.165) is 18.5 Å². The second-order valence-electron chi connectivity index (χ2n) is 5.85. The molecule has 2 atom stereocenters. The molecule has 1 fully saturated rings. The number of nitrogens with two attached hydrogens (primary N) is 1. The topological polar surface area (TPSA) is 58.4 Å². The standard InChI is InChI=1S/C17H27N3O/c1-2-15-9-6-10-20(16(15)11-18)13-17(21)19-12-14-7-4-3-5-8-14/h3-5,7-8,15-16H,2,6,9-13,18H2,1H3,(H,19,21). The predicted molar refractivity (Wildman–Crippen MR) is 85.7 cm³/mol. The van der Waals surface area contributed by atoms with Crippen LogP contribution in [0.2, 0.25) is 0 Å². The number of likely N-dealkylation sites (tertiary alicyclic amines) is 1. The molecule has 4 nitrogen and oxygen atoms in total. The van der Waals surface area contributed by atoms with Crippen LogP contribution in [0.4, 0.5) is 0 Å². The number of nitrogens with zero attached hydrogens (tertiary/aromatic N) is 1. The molecule has 3 N–H and O–H groups in total. The highest BCUT2D eigenvalue weighted by atomic mass is 16.2. The number of piperidine rings is 1. The number of carbonyl (C=O) groups excluding carboxylic acids is 1. The van der Waals surface area contributed by atoms with Crippen molar-refractivity contribution in [2.75, 3.05) is 19.6 Å². The molecule has 1 aliphatic heterocycles. The fourth-order valence-corrected chi connectivity index (χ4v) is 3.26. The Kier molecular flexibility index (Phi) is 6.21. The molecule has 116 valence electrons. The molecule has 0 bridgehead atoms. The average molecular weight is 289 g/mol. The molecule has 21 heavy (non-hydrogen) atoms. The lowest BCUT2D eigenvalue weighted by Crippen LogP contribution is -2.52. The summed E-state index contributed by atoms with van der Waals surface area (Å²) in [5, 5.41) is 3.00. The van der Waals surface area contributed by atoms with E-state index in [1.165, 1.54) is 12.8 Å². The van der Waals surface area contributed by atoms with Gasteiger partial charge >= 0.3 is 0 Å². The molecular weight excluding hydrogens is 262 g/mol. The number of amides is 1. The Hall–Kier alpha value is -1.39. The summed E-state index contributed by atoms with van der Waals surface area (Å²) in [7, 11) is 0. The lowest BCUT2D eigenvalue weighted by molar-refractivity contribution is -0.123. The van der Waals surface area contributed by atoms with E-state index in [9.17, 15) is 4.79 Å². The van der Waals surface area contributed by atoms with Crippen LogP contribution in [-0.4, -0.2) is 36.5 Å². The Bertz CT molecular complexity index is 435. The van der Waals surface area contributed by atoms with E-state index in [1.807, 2.05) is 30.3 Å². The van der Waals surface area contributed by atoms with Crippen LogP contribution in [0.15, 0.2) is 30.3 Å². The summed E-state index contributed by atoms with van der Waals surface area (Å²) in [5.41, 5.74) is 7.06.